The summed E-state index contributed by atoms with van der Waals surface area (Å²) in [5.41, 5.74) is 2.18. The molecular formula is C37H31FN4. The number of anilines is 2. The van der Waals surface area contributed by atoms with Crippen molar-refractivity contribution in [3.8, 4) is 45.3 Å². The molecule has 0 aliphatic heterocycles. The summed E-state index contributed by atoms with van der Waals surface area (Å²) in [6.07, 6.45) is 0. The van der Waals surface area contributed by atoms with Gasteiger partial charge in [-0.1, -0.05) is 118 Å². The number of nitrogens with zero attached hydrogens (tertiary/aromatic N) is 3. The summed E-state index contributed by atoms with van der Waals surface area (Å²) >= 11 is 0. The van der Waals surface area contributed by atoms with Crippen LogP contribution in [0.5, 0.6) is 0 Å². The molecule has 1 N–H and O–H groups in total. The van der Waals surface area contributed by atoms with Crippen molar-refractivity contribution >= 4 is 11.4 Å². The van der Waals surface area contributed by atoms with Crippen LogP contribution in [0, 0.1) is 5.82 Å². The predicted molar refractivity (Wildman–Crippen MR) is 170 cm³/mol. The van der Waals surface area contributed by atoms with E-state index in [1.165, 1.54) is 12.1 Å². The first kappa shape index (κ1) is 17.6. The Labute approximate surface area is 260 Å². The van der Waals surface area contributed by atoms with Gasteiger partial charge in [-0.05, 0) is 46.9 Å². The second-order valence-corrected chi connectivity index (χ2v) is 10.5. The molecule has 5 heteroatoms. The molecule has 0 radical (unpaired) electrons. The highest BCUT2D eigenvalue weighted by molar-refractivity contribution is 5.92. The van der Waals surface area contributed by atoms with Crippen LogP contribution in [0.25, 0.3) is 45.3 Å². The van der Waals surface area contributed by atoms with Gasteiger partial charge < -0.3 is 5.32 Å². The van der Waals surface area contributed by atoms with Crippen LogP contribution in [-0.2, 0) is 5.41 Å². The summed E-state index contributed by atoms with van der Waals surface area (Å²) in [4.78, 5) is 13.8. The maximum atomic E-state index is 14.5. The van der Waals surface area contributed by atoms with E-state index in [0.717, 1.165) is 11.1 Å². The molecule has 5 aromatic carbocycles. The molecule has 0 unspecified atom stereocenters. The van der Waals surface area contributed by atoms with Crippen LogP contribution in [0.4, 0.5) is 15.8 Å². The molecule has 0 aliphatic carbocycles. The maximum Gasteiger partial charge on any atom is 0.166 e. The smallest absolute Gasteiger partial charge is 0.166 e. The lowest BCUT2D eigenvalue weighted by Crippen LogP contribution is -2.13. The van der Waals surface area contributed by atoms with E-state index in [2.05, 4.69) is 20.3 Å². The van der Waals surface area contributed by atoms with Crippen molar-refractivity contribution in [3.05, 3.63) is 139 Å². The molecule has 0 saturated carbocycles. The molecule has 0 fully saturated rings. The average Bonchev–Trinajstić information content (AvgIpc) is 3.11. The Balaban J connectivity index is 1.79. The molecular weight excluding hydrogens is 519 g/mol. The number of nitrogens with one attached hydrogen (secondary N) is 1. The van der Waals surface area contributed by atoms with E-state index >= 15 is 0 Å². The molecule has 0 atom stereocenters. The number of hydrogen-bond donors (Lipinski definition) is 1. The molecule has 0 spiro atoms. The normalized spacial score (nSPS) is 14.7. The van der Waals surface area contributed by atoms with Gasteiger partial charge in [-0.15, -0.1) is 0 Å². The van der Waals surface area contributed by atoms with Crippen molar-refractivity contribution in [2.75, 3.05) is 5.32 Å². The van der Waals surface area contributed by atoms with Crippen LogP contribution in [0.1, 0.15) is 40.0 Å². The minimum atomic E-state index is -0.642. The number of rotatable bonds is 6. The van der Waals surface area contributed by atoms with E-state index in [9.17, 15) is 4.39 Å². The first-order valence-corrected chi connectivity index (χ1v) is 13.2. The summed E-state index contributed by atoms with van der Waals surface area (Å²) in [6.45, 7) is 6.01. The first-order chi connectivity index (χ1) is 24.5. The largest absolute Gasteiger partial charge is 0.354 e. The molecule has 42 heavy (non-hydrogen) atoms. The van der Waals surface area contributed by atoms with Crippen molar-refractivity contribution in [2.45, 2.75) is 26.2 Å². The van der Waals surface area contributed by atoms with Gasteiger partial charge in [0.05, 0.1) is 19.4 Å². The average molecular weight is 561 g/mol. The van der Waals surface area contributed by atoms with Crippen molar-refractivity contribution in [2.24, 2.45) is 0 Å². The summed E-state index contributed by atoms with van der Waals surface area (Å²) in [5.74, 6) is -1.38. The third-order valence-electron chi connectivity index (χ3n) is 6.51. The van der Waals surface area contributed by atoms with Crippen LogP contribution >= 0.6 is 0 Å². The highest BCUT2D eigenvalue weighted by Crippen LogP contribution is 2.42. The Morgan fingerprint density at radius 1 is 0.619 bits per heavy atom. The first-order valence-electron chi connectivity index (χ1n) is 18.2. The SMILES string of the molecule is [2H]c1c([2H])c([2H])c(-c2nc(-c3cc(C(C)(C)C)cc(-c4ccccc4)c3Nc3cccc(F)c3)nc(-c3c([2H])c([2H])c([2H])c([2H])c3[2H])n2)c([2H])c1[2H]. The van der Waals surface area contributed by atoms with Gasteiger partial charge in [0.15, 0.2) is 17.5 Å². The van der Waals surface area contributed by atoms with Gasteiger partial charge in [0.25, 0.3) is 0 Å². The molecule has 6 rings (SSSR count). The number of halogens is 1. The highest BCUT2D eigenvalue weighted by atomic mass is 19.1. The van der Waals surface area contributed by atoms with Crippen LogP contribution in [-0.4, -0.2) is 15.0 Å². The molecule has 6 aromatic rings. The predicted octanol–water partition coefficient (Wildman–Crippen LogP) is 9.72. The Hall–Kier alpha value is -5.16. The third kappa shape index (κ3) is 5.81. The molecule has 1 heterocycles. The van der Waals surface area contributed by atoms with Crippen molar-refractivity contribution in [1.29, 1.82) is 0 Å². The van der Waals surface area contributed by atoms with Gasteiger partial charge in [-0.3, -0.25) is 0 Å². The van der Waals surface area contributed by atoms with Crippen LogP contribution in [0.2, 0.25) is 0 Å². The fourth-order valence-electron chi connectivity index (χ4n) is 4.39. The Kier molecular flexibility index (Phi) is 4.77. The van der Waals surface area contributed by atoms with Gasteiger partial charge in [0.1, 0.15) is 5.82 Å². The fourth-order valence-corrected chi connectivity index (χ4v) is 4.39. The Bertz CT molecular complexity index is 2250. The Morgan fingerprint density at radius 2 is 1.19 bits per heavy atom. The minimum Gasteiger partial charge on any atom is -0.354 e. The maximum absolute atomic E-state index is 14.5. The summed E-state index contributed by atoms with van der Waals surface area (Å²) in [5, 5.41) is 3.31. The topological polar surface area (TPSA) is 50.7 Å². The lowest BCUT2D eigenvalue weighted by molar-refractivity contribution is 0.591. The van der Waals surface area contributed by atoms with Crippen LogP contribution < -0.4 is 5.32 Å². The molecule has 206 valence electrons. The van der Waals surface area contributed by atoms with E-state index in [1.54, 1.807) is 18.2 Å². The lowest BCUT2D eigenvalue weighted by Gasteiger charge is -2.25. The third-order valence-corrected chi connectivity index (χ3v) is 6.51. The molecule has 1 aromatic heterocycles. The van der Waals surface area contributed by atoms with Gasteiger partial charge in [0.2, 0.25) is 0 Å². The second-order valence-electron chi connectivity index (χ2n) is 10.5. The number of hydrogen-bond acceptors (Lipinski definition) is 4. The standard InChI is InChI=1S/C37H31FN4/c1-37(2,3)28-22-31(25-14-7-4-8-15-25)33(39-30-21-13-20-29(38)24-30)32(23-28)36-41-34(26-16-9-5-10-17-26)40-35(42-36)27-18-11-6-12-19-27/h4-24,39H,1-3H3/i5D,6D,9D,10D,11D,12D,16D,17D,18D,19D. The quantitative estimate of drug-likeness (QED) is 0.220. The van der Waals surface area contributed by atoms with Crippen LogP contribution in [0.3, 0.4) is 0 Å². The van der Waals surface area contributed by atoms with E-state index in [-0.39, 0.29) is 28.6 Å². The zero-order valence-corrected chi connectivity index (χ0v) is 23.1. The van der Waals surface area contributed by atoms with E-state index in [1.807, 2.05) is 57.2 Å². The molecule has 0 bridgehead atoms. The summed E-state index contributed by atoms with van der Waals surface area (Å²) < 4.78 is 98.8. The molecule has 0 aliphatic rings. The molecule has 0 amide bonds. The number of aromatic nitrogens is 3. The van der Waals surface area contributed by atoms with Crippen molar-refractivity contribution in [1.82, 2.24) is 15.0 Å². The lowest BCUT2D eigenvalue weighted by atomic mass is 9.83. The van der Waals surface area contributed by atoms with E-state index in [0.29, 0.717) is 22.5 Å². The molecule has 0 saturated heterocycles. The van der Waals surface area contributed by atoms with Crippen molar-refractivity contribution < 1.29 is 18.1 Å². The number of benzene rings is 5. The highest BCUT2D eigenvalue weighted by Gasteiger charge is 2.23. The van der Waals surface area contributed by atoms with E-state index in [4.69, 9.17) is 13.7 Å². The summed E-state index contributed by atoms with van der Waals surface area (Å²) in [7, 11) is 0. The minimum absolute atomic E-state index is 0.110. The van der Waals surface area contributed by atoms with Gasteiger partial charge in [0, 0.05) is 27.9 Å². The summed E-state index contributed by atoms with van der Waals surface area (Å²) in [6, 6.07) is 12.7. The van der Waals surface area contributed by atoms with Crippen molar-refractivity contribution in [3.63, 3.8) is 0 Å². The van der Waals surface area contributed by atoms with E-state index < -0.39 is 71.7 Å². The zero-order chi connectivity index (χ0) is 37.8. The van der Waals surface area contributed by atoms with Gasteiger partial charge in [-0.2, -0.15) is 0 Å². The fraction of sp³-hybridized carbons (Fsp3) is 0.108. The second kappa shape index (κ2) is 11.4. The van der Waals surface area contributed by atoms with Gasteiger partial charge >= 0.3 is 0 Å². The zero-order valence-electron chi connectivity index (χ0n) is 33.1. The van der Waals surface area contributed by atoms with Crippen LogP contribution in [0.15, 0.2) is 127 Å². The Morgan fingerprint density at radius 3 is 1.76 bits per heavy atom. The van der Waals surface area contributed by atoms with Gasteiger partial charge in [-0.25, -0.2) is 19.3 Å². The monoisotopic (exact) mass is 560 g/mol. The molecule has 4 nitrogen and oxygen atoms in total.